The van der Waals surface area contributed by atoms with Crippen molar-refractivity contribution in [2.45, 2.75) is 71.7 Å². The lowest BCUT2D eigenvalue weighted by molar-refractivity contribution is -0.144. The monoisotopic (exact) mass is 1100 g/mol. The van der Waals surface area contributed by atoms with Gasteiger partial charge in [0.1, 0.15) is 18.7 Å². The molecule has 2 heterocycles. The van der Waals surface area contributed by atoms with Crippen molar-refractivity contribution < 1.29 is 91.0 Å². The molecule has 1 aromatic carbocycles. The van der Waals surface area contributed by atoms with Gasteiger partial charge < -0.3 is 87.3 Å². The number of hydrogen-bond acceptors (Lipinski definition) is 20. The number of aryl methyl sites for hydroxylation is 1. The van der Waals surface area contributed by atoms with Crippen molar-refractivity contribution in [3.63, 3.8) is 0 Å². The van der Waals surface area contributed by atoms with Crippen molar-refractivity contribution in [2.24, 2.45) is 5.41 Å². The molecule has 434 valence electrons. The van der Waals surface area contributed by atoms with Gasteiger partial charge in [-0.2, -0.15) is 0 Å². The Balaban J connectivity index is 1.04. The second-order valence-electron chi connectivity index (χ2n) is 18.3. The van der Waals surface area contributed by atoms with E-state index in [0.717, 1.165) is 21.7 Å². The number of thiazole rings is 1. The van der Waals surface area contributed by atoms with Crippen molar-refractivity contribution in [3.8, 4) is 10.4 Å². The standard InChI is InChI=1S/C52H86N4O19S/c1-41-48(76-40-54-41)43-9-7-42(8-10-43)37-53-50(61)45-36-44(57)38-56(45)51(62)49(52(2,3)4)55-46(58)39-75-35-34-74-33-32-73-31-30-72-29-28-71-27-26-70-25-24-69-23-22-68-21-20-67-19-18-66-17-16-65-15-14-64-13-12-63-11-5-6-47(59)60/h7-10,40,44-45,49,57H,5-6,11-39H2,1-4H3,(H,53,61)(H,55,58)(H,59,60). The third kappa shape index (κ3) is 31.5. The molecule has 1 saturated heterocycles. The van der Waals surface area contributed by atoms with Crippen molar-refractivity contribution in [2.75, 3.05) is 178 Å². The Hall–Kier alpha value is -3.83. The molecule has 1 aliphatic rings. The predicted molar refractivity (Wildman–Crippen MR) is 279 cm³/mol. The Morgan fingerprint density at radius 3 is 1.39 bits per heavy atom. The van der Waals surface area contributed by atoms with Crippen LogP contribution in [0.15, 0.2) is 29.8 Å². The number of nitrogens with zero attached hydrogens (tertiary/aromatic N) is 2. The van der Waals surface area contributed by atoms with E-state index < -0.39 is 41.4 Å². The second kappa shape index (κ2) is 42.2. The first-order chi connectivity index (χ1) is 36.9. The number of aliphatic carboxylic acids is 1. The highest BCUT2D eigenvalue weighted by Gasteiger charge is 2.44. The predicted octanol–water partition coefficient (Wildman–Crippen LogP) is 2.31. The molecule has 24 heteroatoms. The summed E-state index contributed by atoms with van der Waals surface area (Å²) in [7, 11) is 0. The van der Waals surface area contributed by atoms with Crippen molar-refractivity contribution in [1.29, 1.82) is 0 Å². The number of likely N-dealkylation sites (tertiary alicyclic amines) is 1. The lowest BCUT2D eigenvalue weighted by Gasteiger charge is -2.35. The highest BCUT2D eigenvalue weighted by Crippen LogP contribution is 2.28. The Labute approximate surface area is 452 Å². The lowest BCUT2D eigenvalue weighted by atomic mass is 9.85. The zero-order valence-corrected chi connectivity index (χ0v) is 46.0. The Morgan fingerprint density at radius 1 is 0.632 bits per heavy atom. The normalized spacial score (nSPS) is 15.1. The molecule has 0 spiro atoms. The molecule has 1 aliphatic heterocycles. The van der Waals surface area contributed by atoms with Crippen LogP contribution in [0.3, 0.4) is 0 Å². The van der Waals surface area contributed by atoms with Crippen LogP contribution in [0, 0.1) is 12.3 Å². The summed E-state index contributed by atoms with van der Waals surface area (Å²) >= 11 is 1.57. The number of benzene rings is 1. The molecular weight excluding hydrogens is 1020 g/mol. The smallest absolute Gasteiger partial charge is 0.303 e. The van der Waals surface area contributed by atoms with E-state index >= 15 is 0 Å². The molecule has 0 bridgehead atoms. The highest BCUT2D eigenvalue weighted by molar-refractivity contribution is 7.13. The molecule has 2 aromatic rings. The topological polar surface area (TPSA) is 269 Å². The number of ether oxygens (including phenoxy) is 13. The SMILES string of the molecule is Cc1ncsc1-c1ccc(CNC(=O)C2CC(O)CN2C(=O)C(NC(=O)COCCOCCOCCOCCOCCOCCOCCOCCOCCOCCOCCOCCOCCCC(=O)O)C(C)(C)C)cc1. The van der Waals surface area contributed by atoms with E-state index in [1.165, 1.54) is 4.90 Å². The molecule has 3 amide bonds. The van der Waals surface area contributed by atoms with E-state index in [1.54, 1.807) is 11.3 Å². The van der Waals surface area contributed by atoms with E-state index in [0.29, 0.717) is 158 Å². The molecule has 1 aromatic heterocycles. The minimum Gasteiger partial charge on any atom is -0.481 e. The van der Waals surface area contributed by atoms with Crippen LogP contribution in [0.5, 0.6) is 0 Å². The summed E-state index contributed by atoms with van der Waals surface area (Å²) < 4.78 is 71.2. The number of rotatable bonds is 48. The number of hydrogen-bond donors (Lipinski definition) is 4. The van der Waals surface area contributed by atoms with Gasteiger partial charge in [-0.3, -0.25) is 19.2 Å². The number of carboxylic acids is 1. The van der Waals surface area contributed by atoms with Gasteiger partial charge in [-0.05, 0) is 29.9 Å². The van der Waals surface area contributed by atoms with E-state index in [2.05, 4.69) is 15.6 Å². The van der Waals surface area contributed by atoms with Crippen molar-refractivity contribution in [1.82, 2.24) is 20.5 Å². The summed E-state index contributed by atoms with van der Waals surface area (Å²) in [6, 6.07) is 6.00. The average Bonchev–Trinajstić information content (AvgIpc) is 4.02. The van der Waals surface area contributed by atoms with Crippen LogP contribution in [0.25, 0.3) is 10.4 Å². The number of amides is 3. The maximum absolute atomic E-state index is 13.9. The number of aromatic nitrogens is 1. The third-order valence-corrected chi connectivity index (χ3v) is 12.1. The molecule has 1 fully saturated rings. The molecule has 3 unspecified atom stereocenters. The molecule has 3 atom stereocenters. The van der Waals surface area contributed by atoms with Crippen LogP contribution in [0.2, 0.25) is 0 Å². The number of carbonyl (C=O) groups excluding carboxylic acids is 3. The van der Waals surface area contributed by atoms with E-state index in [4.69, 9.17) is 66.7 Å². The Kier molecular flexibility index (Phi) is 36.9. The molecule has 23 nitrogen and oxygen atoms in total. The van der Waals surface area contributed by atoms with Crippen LogP contribution in [0.4, 0.5) is 0 Å². The van der Waals surface area contributed by atoms with Crippen molar-refractivity contribution >= 4 is 35.0 Å². The van der Waals surface area contributed by atoms with Gasteiger partial charge in [0.05, 0.1) is 181 Å². The van der Waals surface area contributed by atoms with Crippen LogP contribution in [-0.4, -0.2) is 240 Å². The van der Waals surface area contributed by atoms with Crippen molar-refractivity contribution in [3.05, 3.63) is 41.0 Å². The molecular formula is C52H86N4O19S. The second-order valence-corrected chi connectivity index (χ2v) is 19.2. The number of nitrogens with one attached hydrogen (secondary N) is 2. The van der Waals surface area contributed by atoms with Crippen LogP contribution >= 0.6 is 11.3 Å². The zero-order chi connectivity index (χ0) is 54.9. The van der Waals surface area contributed by atoms with E-state index in [-0.39, 0.29) is 51.7 Å². The fourth-order valence-corrected chi connectivity index (χ4v) is 7.92. The number of aliphatic hydroxyl groups excluding tert-OH is 1. The van der Waals surface area contributed by atoms with Gasteiger partial charge in [0.2, 0.25) is 17.7 Å². The summed E-state index contributed by atoms with van der Waals surface area (Å²) in [5.74, 6) is -2.13. The average molecular weight is 1100 g/mol. The molecule has 76 heavy (non-hydrogen) atoms. The fourth-order valence-electron chi connectivity index (χ4n) is 7.11. The number of β-amino-alcohol motifs (C(OH)–C–C–N with tert-alkyl or cyclic N) is 1. The van der Waals surface area contributed by atoms with Crippen LogP contribution in [0.1, 0.15) is 51.3 Å². The first kappa shape index (κ1) is 66.4. The summed E-state index contributed by atoms with van der Waals surface area (Å²) in [5.41, 5.74) is 4.01. The quantitative estimate of drug-likeness (QED) is 0.0693. The Bertz CT molecular complexity index is 1820. The van der Waals surface area contributed by atoms with Gasteiger partial charge in [0.25, 0.3) is 0 Å². The maximum atomic E-state index is 13.9. The van der Waals surface area contributed by atoms with Gasteiger partial charge in [0.15, 0.2) is 0 Å². The van der Waals surface area contributed by atoms with Crippen LogP contribution < -0.4 is 10.6 Å². The molecule has 0 radical (unpaired) electrons. The molecule has 0 saturated carbocycles. The van der Waals surface area contributed by atoms with Gasteiger partial charge in [-0.15, -0.1) is 11.3 Å². The summed E-state index contributed by atoms with van der Waals surface area (Å²) in [4.78, 5) is 57.4. The minimum atomic E-state index is -0.965. The van der Waals surface area contributed by atoms with Gasteiger partial charge >= 0.3 is 5.97 Å². The highest BCUT2D eigenvalue weighted by atomic mass is 32.1. The summed E-state index contributed by atoms with van der Waals surface area (Å²) in [6.45, 7) is 17.8. The molecule has 4 N–H and O–H groups in total. The molecule has 3 rings (SSSR count). The number of carbonyl (C=O) groups is 4. The summed E-state index contributed by atoms with van der Waals surface area (Å²) in [6.07, 6.45) is -0.178. The summed E-state index contributed by atoms with van der Waals surface area (Å²) in [5, 5.41) is 24.8. The lowest BCUT2D eigenvalue weighted by Crippen LogP contribution is -2.58. The number of carboxylic acid groups (broad SMARTS) is 1. The first-order valence-electron chi connectivity index (χ1n) is 26.1. The van der Waals surface area contributed by atoms with E-state index in [9.17, 15) is 24.3 Å². The first-order valence-corrected chi connectivity index (χ1v) is 27.0. The molecule has 0 aliphatic carbocycles. The maximum Gasteiger partial charge on any atom is 0.303 e. The number of aliphatic hydroxyl groups is 1. The minimum absolute atomic E-state index is 0.0188. The Morgan fingerprint density at radius 2 is 1.03 bits per heavy atom. The van der Waals surface area contributed by atoms with E-state index in [1.807, 2.05) is 57.5 Å². The zero-order valence-electron chi connectivity index (χ0n) is 45.2. The largest absolute Gasteiger partial charge is 0.481 e. The third-order valence-electron chi connectivity index (χ3n) is 11.1. The van der Waals surface area contributed by atoms with Gasteiger partial charge in [-0.1, -0.05) is 45.0 Å². The van der Waals surface area contributed by atoms with Gasteiger partial charge in [-0.25, -0.2) is 4.98 Å². The van der Waals surface area contributed by atoms with Crippen LogP contribution in [-0.2, 0) is 87.3 Å². The fraction of sp³-hybridized carbons (Fsp3) is 0.750. The van der Waals surface area contributed by atoms with Gasteiger partial charge in [0, 0.05) is 32.5 Å².